The summed E-state index contributed by atoms with van der Waals surface area (Å²) in [6, 6.07) is 12.8. The molecule has 0 aliphatic carbocycles. The Hall–Kier alpha value is -1.94. The molecule has 0 bridgehead atoms. The van der Waals surface area contributed by atoms with E-state index in [0.29, 0.717) is 5.56 Å². The summed E-state index contributed by atoms with van der Waals surface area (Å²) >= 11 is 1.52. The van der Waals surface area contributed by atoms with Crippen LogP contribution in [0.5, 0.6) is 0 Å². The summed E-state index contributed by atoms with van der Waals surface area (Å²) in [6.45, 7) is 1.89. The number of rotatable bonds is 3. The zero-order valence-electron chi connectivity index (χ0n) is 9.88. The van der Waals surface area contributed by atoms with Gasteiger partial charge in [0.05, 0.1) is 5.56 Å². The molecule has 0 amide bonds. The van der Waals surface area contributed by atoms with E-state index in [0.717, 1.165) is 21.0 Å². The summed E-state index contributed by atoms with van der Waals surface area (Å²) in [5.74, 6) is -0.905. The van der Waals surface area contributed by atoms with E-state index in [1.807, 2.05) is 37.3 Å². The van der Waals surface area contributed by atoms with Gasteiger partial charge in [0.1, 0.15) is 0 Å². The second-order valence-electron chi connectivity index (χ2n) is 4.01. The van der Waals surface area contributed by atoms with Crippen molar-refractivity contribution in [1.29, 1.82) is 0 Å². The minimum absolute atomic E-state index is 0.313. The maximum absolute atomic E-state index is 11.0. The van der Waals surface area contributed by atoms with Crippen LogP contribution in [0.15, 0.2) is 52.3 Å². The van der Waals surface area contributed by atoms with Crippen molar-refractivity contribution < 1.29 is 9.90 Å². The highest BCUT2D eigenvalue weighted by Crippen LogP contribution is 2.29. The highest BCUT2D eigenvalue weighted by Gasteiger charge is 2.06. The van der Waals surface area contributed by atoms with Crippen molar-refractivity contribution >= 4 is 23.4 Å². The number of aromatic carboxylic acids is 1. The molecule has 3 N–H and O–H groups in total. The first-order valence-corrected chi connectivity index (χ1v) is 6.24. The molecule has 2 aromatic carbocycles. The molecule has 3 nitrogen and oxygen atoms in total. The van der Waals surface area contributed by atoms with E-state index >= 15 is 0 Å². The molecule has 92 valence electrons. The van der Waals surface area contributed by atoms with Gasteiger partial charge in [0, 0.05) is 15.5 Å². The van der Waals surface area contributed by atoms with Gasteiger partial charge in [-0.1, -0.05) is 11.8 Å². The van der Waals surface area contributed by atoms with Gasteiger partial charge in [-0.2, -0.15) is 0 Å². The number of hydrogen-bond acceptors (Lipinski definition) is 3. The zero-order valence-corrected chi connectivity index (χ0v) is 10.7. The number of aryl methyl sites for hydroxylation is 1. The molecule has 0 atom stereocenters. The first kappa shape index (κ1) is 12.5. The summed E-state index contributed by atoms with van der Waals surface area (Å²) in [7, 11) is 0. The van der Waals surface area contributed by atoms with Crippen molar-refractivity contribution in [3.05, 3.63) is 53.6 Å². The normalized spacial score (nSPS) is 10.3. The average molecular weight is 259 g/mol. The summed E-state index contributed by atoms with van der Waals surface area (Å²) in [5, 5.41) is 9.01. The fourth-order valence-corrected chi connectivity index (χ4v) is 2.58. The van der Waals surface area contributed by atoms with Crippen molar-refractivity contribution in [3.63, 3.8) is 0 Å². The van der Waals surface area contributed by atoms with Gasteiger partial charge in [-0.05, 0) is 55.0 Å². The largest absolute Gasteiger partial charge is 0.478 e. The molecule has 0 saturated heterocycles. The van der Waals surface area contributed by atoms with Crippen LogP contribution in [-0.4, -0.2) is 11.1 Å². The van der Waals surface area contributed by atoms with Gasteiger partial charge < -0.3 is 10.8 Å². The molecule has 2 rings (SSSR count). The van der Waals surface area contributed by atoms with Gasteiger partial charge in [0.15, 0.2) is 0 Å². The quantitative estimate of drug-likeness (QED) is 0.829. The predicted molar refractivity (Wildman–Crippen MR) is 73.1 cm³/mol. The maximum atomic E-state index is 11.0. The maximum Gasteiger partial charge on any atom is 0.335 e. The monoisotopic (exact) mass is 259 g/mol. The average Bonchev–Trinajstić information content (AvgIpc) is 2.31. The van der Waals surface area contributed by atoms with Gasteiger partial charge in [-0.15, -0.1) is 0 Å². The van der Waals surface area contributed by atoms with Gasteiger partial charge in [0.2, 0.25) is 0 Å². The number of nitrogen functional groups attached to an aromatic ring is 1. The first-order chi connectivity index (χ1) is 8.54. The lowest BCUT2D eigenvalue weighted by atomic mass is 10.1. The van der Waals surface area contributed by atoms with E-state index in [2.05, 4.69) is 0 Å². The second kappa shape index (κ2) is 5.14. The molecule has 2 aromatic rings. The van der Waals surface area contributed by atoms with E-state index in [4.69, 9.17) is 10.8 Å². The van der Waals surface area contributed by atoms with Gasteiger partial charge in [-0.3, -0.25) is 0 Å². The summed E-state index contributed by atoms with van der Waals surface area (Å²) in [5.41, 5.74) is 7.59. The minimum atomic E-state index is -0.905. The van der Waals surface area contributed by atoms with Gasteiger partial charge in [-0.25, -0.2) is 4.79 Å². The Balaban J connectivity index is 2.28. The SMILES string of the molecule is Cc1cc(Sc2ccc(N)cc2)cc(C(=O)O)c1. The van der Waals surface area contributed by atoms with Crippen LogP contribution in [-0.2, 0) is 0 Å². The smallest absolute Gasteiger partial charge is 0.335 e. The van der Waals surface area contributed by atoms with Crippen molar-refractivity contribution in [1.82, 2.24) is 0 Å². The van der Waals surface area contributed by atoms with Crippen LogP contribution in [0, 0.1) is 6.92 Å². The van der Waals surface area contributed by atoms with E-state index < -0.39 is 5.97 Å². The molecule has 4 heteroatoms. The van der Waals surface area contributed by atoms with E-state index in [1.54, 1.807) is 12.1 Å². The number of nitrogens with two attached hydrogens (primary N) is 1. The van der Waals surface area contributed by atoms with Crippen molar-refractivity contribution in [3.8, 4) is 0 Å². The van der Waals surface area contributed by atoms with Crippen LogP contribution in [0.2, 0.25) is 0 Å². The number of carboxylic acids is 1. The Morgan fingerprint density at radius 3 is 2.39 bits per heavy atom. The molecule has 0 saturated carbocycles. The lowest BCUT2D eigenvalue weighted by Crippen LogP contribution is -1.96. The molecular weight excluding hydrogens is 246 g/mol. The van der Waals surface area contributed by atoms with Crippen LogP contribution >= 0.6 is 11.8 Å². The molecule has 0 aromatic heterocycles. The lowest BCUT2D eigenvalue weighted by Gasteiger charge is -2.05. The van der Waals surface area contributed by atoms with Crippen molar-refractivity contribution in [2.75, 3.05) is 5.73 Å². The molecule has 0 aliphatic rings. The minimum Gasteiger partial charge on any atom is -0.478 e. The zero-order chi connectivity index (χ0) is 13.1. The van der Waals surface area contributed by atoms with Crippen LogP contribution < -0.4 is 5.73 Å². The molecule has 0 fully saturated rings. The molecular formula is C14H13NO2S. The van der Waals surface area contributed by atoms with E-state index in [9.17, 15) is 4.79 Å². The van der Waals surface area contributed by atoms with Crippen LogP contribution in [0.4, 0.5) is 5.69 Å². The van der Waals surface area contributed by atoms with Crippen molar-refractivity contribution in [2.45, 2.75) is 16.7 Å². The highest BCUT2D eigenvalue weighted by atomic mass is 32.2. The van der Waals surface area contributed by atoms with E-state index in [1.165, 1.54) is 11.8 Å². The van der Waals surface area contributed by atoms with Crippen LogP contribution in [0.1, 0.15) is 15.9 Å². The topological polar surface area (TPSA) is 63.3 Å². The molecule has 0 spiro atoms. The fourth-order valence-electron chi connectivity index (χ4n) is 1.60. The molecule has 18 heavy (non-hydrogen) atoms. The summed E-state index contributed by atoms with van der Waals surface area (Å²) in [6.07, 6.45) is 0. The van der Waals surface area contributed by atoms with Crippen LogP contribution in [0.3, 0.4) is 0 Å². The number of carbonyl (C=O) groups is 1. The Bertz CT molecular complexity index is 579. The molecule has 0 unspecified atom stereocenters. The van der Waals surface area contributed by atoms with Crippen molar-refractivity contribution in [2.24, 2.45) is 0 Å². The molecule has 0 radical (unpaired) electrons. The summed E-state index contributed by atoms with van der Waals surface area (Å²) in [4.78, 5) is 12.9. The fraction of sp³-hybridized carbons (Fsp3) is 0.0714. The summed E-state index contributed by atoms with van der Waals surface area (Å²) < 4.78 is 0. The Labute approximate surface area is 110 Å². The number of carboxylic acid groups (broad SMARTS) is 1. The second-order valence-corrected chi connectivity index (χ2v) is 5.16. The number of hydrogen-bond donors (Lipinski definition) is 2. The van der Waals surface area contributed by atoms with Gasteiger partial charge >= 0.3 is 5.97 Å². The first-order valence-electron chi connectivity index (χ1n) is 5.43. The van der Waals surface area contributed by atoms with Gasteiger partial charge in [0.25, 0.3) is 0 Å². The lowest BCUT2D eigenvalue weighted by molar-refractivity contribution is 0.0696. The highest BCUT2D eigenvalue weighted by molar-refractivity contribution is 7.99. The van der Waals surface area contributed by atoms with E-state index in [-0.39, 0.29) is 0 Å². The third kappa shape index (κ3) is 3.05. The Morgan fingerprint density at radius 2 is 1.78 bits per heavy atom. The Kier molecular flexibility index (Phi) is 3.58. The predicted octanol–water partition coefficient (Wildman–Crippen LogP) is 3.43. The molecule has 0 aliphatic heterocycles. The third-order valence-corrected chi connectivity index (χ3v) is 3.39. The standard InChI is InChI=1S/C14H13NO2S/c1-9-6-10(14(16)17)8-13(7-9)18-12-4-2-11(15)3-5-12/h2-8H,15H2,1H3,(H,16,17). The number of benzene rings is 2. The third-order valence-electron chi connectivity index (χ3n) is 2.41. The number of anilines is 1. The van der Waals surface area contributed by atoms with Crippen LogP contribution in [0.25, 0.3) is 0 Å². The Morgan fingerprint density at radius 1 is 1.11 bits per heavy atom. The molecule has 0 heterocycles.